The Balaban J connectivity index is 1.06. The predicted octanol–water partition coefficient (Wildman–Crippen LogP) is 8.92. The smallest absolute Gasteiger partial charge is 0.416 e. The van der Waals surface area contributed by atoms with Gasteiger partial charge in [0.1, 0.15) is 11.5 Å². The highest BCUT2D eigenvalue weighted by molar-refractivity contribution is 6.33. The first-order valence-corrected chi connectivity index (χ1v) is 20.0. The van der Waals surface area contributed by atoms with Gasteiger partial charge in [0.05, 0.1) is 28.0 Å². The lowest BCUT2D eigenvalue weighted by molar-refractivity contribution is -0.176. The van der Waals surface area contributed by atoms with Crippen LogP contribution in [0.15, 0.2) is 82.8 Å². The predicted molar refractivity (Wildman–Crippen MR) is 204 cm³/mol. The fraction of sp³-hybridized carbons (Fsp3) is 0.523. The van der Waals surface area contributed by atoms with Crippen molar-refractivity contribution in [2.75, 3.05) is 37.6 Å². The maximum atomic E-state index is 15.0. The lowest BCUT2D eigenvalue weighted by Crippen LogP contribution is -2.67. The zero-order valence-electron chi connectivity index (χ0n) is 31.2. The van der Waals surface area contributed by atoms with E-state index in [2.05, 4.69) is 41.9 Å². The van der Waals surface area contributed by atoms with Crippen molar-refractivity contribution in [2.45, 2.75) is 76.7 Å². The van der Waals surface area contributed by atoms with E-state index in [1.807, 2.05) is 18.2 Å². The molecule has 1 saturated heterocycles. The van der Waals surface area contributed by atoms with Gasteiger partial charge in [-0.25, -0.2) is 0 Å². The molecular formula is C44H48ClF3N2O5. The Morgan fingerprint density at radius 1 is 0.927 bits per heavy atom. The molecule has 3 N–H and O–H groups in total. The van der Waals surface area contributed by atoms with Gasteiger partial charge in [0.2, 0.25) is 5.78 Å². The van der Waals surface area contributed by atoms with Gasteiger partial charge in [-0.1, -0.05) is 55.8 Å². The second kappa shape index (κ2) is 12.5. The van der Waals surface area contributed by atoms with Crippen molar-refractivity contribution in [1.82, 2.24) is 4.90 Å². The fourth-order valence-electron chi connectivity index (χ4n) is 12.5. The van der Waals surface area contributed by atoms with Gasteiger partial charge in [0.25, 0.3) is 0 Å². The number of hydrogen-bond donors (Lipinski definition) is 3. The first kappa shape index (κ1) is 37.0. The minimum Gasteiger partial charge on any atom is -0.506 e. The number of fused-ring (bicyclic) bond motifs is 1. The molecule has 1 unspecified atom stereocenters. The number of halogens is 4. The summed E-state index contributed by atoms with van der Waals surface area (Å²) in [6, 6.07) is 13.5. The number of carbonyl (C=O) groups is 1. The first-order chi connectivity index (χ1) is 26.0. The molecule has 2 bridgehead atoms. The highest BCUT2D eigenvalue weighted by Crippen LogP contribution is 2.78. The van der Waals surface area contributed by atoms with Crippen LogP contribution in [0.3, 0.4) is 0 Å². The number of β-amino-alcohol motifs (C(OH)–C–C–N with tert-alkyl or cyclic N) is 1. The van der Waals surface area contributed by atoms with E-state index in [9.17, 15) is 28.5 Å². The van der Waals surface area contributed by atoms with E-state index >= 15 is 4.79 Å². The van der Waals surface area contributed by atoms with Crippen LogP contribution >= 0.6 is 11.6 Å². The third-order valence-electron chi connectivity index (χ3n) is 15.4. The number of benzene rings is 2. The van der Waals surface area contributed by atoms with Crippen molar-refractivity contribution in [1.29, 1.82) is 0 Å². The van der Waals surface area contributed by atoms with E-state index in [4.69, 9.17) is 16.0 Å². The number of furan rings is 1. The summed E-state index contributed by atoms with van der Waals surface area (Å²) in [5, 5.41) is 34.5. The number of rotatable bonds is 6. The molecule has 2 spiro atoms. The standard InChI is InChI=1S/C44H48ClF3N2O5/c1-39-14-11-28(51)24-41(39)17-18-43(30(25-41)38(53)35-10-9-34(55-35)29-23-27(44(46,47)48)7-8-31(29)45)36(39)12-15-40(2)37(43)13-16-42(40,54)26-49-19-21-50(22-20-49)32-5-3-4-6-33(32)52/h3-10,17-18,23,25,28,36-37,51-52,54H,11-16,19-22,24,26H2,1-2H3/t28?,36-,37-,39-,40+,41+,42-,43-/m1/s1. The number of aromatic hydroxyl groups is 1. The molecule has 3 aromatic rings. The number of phenols is 1. The Morgan fingerprint density at radius 3 is 2.38 bits per heavy atom. The molecule has 10 rings (SSSR count). The van der Waals surface area contributed by atoms with E-state index in [0.29, 0.717) is 31.4 Å². The molecule has 7 aliphatic rings. The summed E-state index contributed by atoms with van der Waals surface area (Å²) in [7, 11) is 0. The number of alkyl halides is 3. The van der Waals surface area contributed by atoms with E-state index in [-0.39, 0.29) is 50.9 Å². The molecular weight excluding hydrogens is 729 g/mol. The van der Waals surface area contributed by atoms with Crippen LogP contribution in [0.4, 0.5) is 18.9 Å². The molecule has 11 heteroatoms. The number of carbonyl (C=O) groups excluding carboxylic acids is 1. The van der Waals surface area contributed by atoms with Crippen molar-refractivity contribution in [3.05, 3.63) is 94.7 Å². The Bertz CT molecular complexity index is 2110. The number of piperazine rings is 1. The highest BCUT2D eigenvalue weighted by atomic mass is 35.5. The molecule has 2 aromatic carbocycles. The van der Waals surface area contributed by atoms with Crippen molar-refractivity contribution in [3.8, 4) is 17.1 Å². The van der Waals surface area contributed by atoms with Crippen LogP contribution in [0.1, 0.15) is 74.9 Å². The fourth-order valence-corrected chi connectivity index (χ4v) is 12.7. The normalized spacial score (nSPS) is 37.0. The number of hydrogen-bond acceptors (Lipinski definition) is 7. The molecule has 2 heterocycles. The maximum Gasteiger partial charge on any atom is 0.416 e. The minimum absolute atomic E-state index is 0.0288. The van der Waals surface area contributed by atoms with Gasteiger partial charge >= 0.3 is 6.18 Å². The topological polar surface area (TPSA) is 97.4 Å². The van der Waals surface area contributed by atoms with Crippen molar-refractivity contribution in [2.24, 2.45) is 33.5 Å². The number of anilines is 1. The number of aliphatic hydroxyl groups is 2. The minimum atomic E-state index is -4.58. The van der Waals surface area contributed by atoms with Crippen LogP contribution in [0, 0.1) is 33.5 Å². The second-order valence-electron chi connectivity index (χ2n) is 17.7. The highest BCUT2D eigenvalue weighted by Gasteiger charge is 2.74. The number of allylic oxidation sites excluding steroid dienone is 4. The Hall–Kier alpha value is -3.57. The summed E-state index contributed by atoms with van der Waals surface area (Å²) in [6.07, 6.45) is 6.46. The zero-order chi connectivity index (χ0) is 38.8. The summed E-state index contributed by atoms with van der Waals surface area (Å²) in [6.45, 7) is 8.00. The molecule has 1 aromatic heterocycles. The van der Waals surface area contributed by atoms with E-state index in [1.54, 1.807) is 6.07 Å². The number of Topliss-reactive ketones (excluding diaryl/α,β-unsaturated/α-hetero) is 1. The Labute approximate surface area is 324 Å². The van der Waals surface area contributed by atoms with Crippen LogP contribution < -0.4 is 4.90 Å². The molecule has 4 fully saturated rings. The van der Waals surface area contributed by atoms with Gasteiger partial charge in [-0.3, -0.25) is 9.69 Å². The van der Waals surface area contributed by atoms with Crippen LogP contribution in [0.5, 0.6) is 5.75 Å². The molecule has 6 aliphatic carbocycles. The van der Waals surface area contributed by atoms with Crippen LogP contribution in [-0.2, 0) is 6.18 Å². The lowest BCUT2D eigenvalue weighted by Gasteiger charge is -2.71. The third kappa shape index (κ3) is 5.30. The molecule has 7 nitrogen and oxygen atoms in total. The van der Waals surface area contributed by atoms with Gasteiger partial charge in [-0.05, 0) is 105 Å². The quantitative estimate of drug-likeness (QED) is 0.170. The SMILES string of the molecule is C[C@]12CC[C@H]3[C@]4(C=C[C@@]5(C=C4C(=O)c4ccc(-c6cc(C(F)(F)F)ccc6Cl)o4)CC(O)CC[C@]35C)[C@@H]1CC[C@@]2(O)CN1CCN(c2ccccc2O)CC1. The number of ketones is 1. The van der Waals surface area contributed by atoms with Gasteiger partial charge in [-0.15, -0.1) is 0 Å². The molecule has 3 saturated carbocycles. The van der Waals surface area contributed by atoms with Crippen molar-refractivity contribution >= 4 is 23.1 Å². The van der Waals surface area contributed by atoms with Crippen LogP contribution in [0.25, 0.3) is 11.3 Å². The first-order valence-electron chi connectivity index (χ1n) is 19.6. The van der Waals surface area contributed by atoms with Gasteiger partial charge in [-0.2, -0.15) is 13.2 Å². The summed E-state index contributed by atoms with van der Waals surface area (Å²) in [4.78, 5) is 19.6. The number of aliphatic hydroxyl groups excluding tert-OH is 1. The summed E-state index contributed by atoms with van der Waals surface area (Å²) >= 11 is 6.38. The molecule has 55 heavy (non-hydrogen) atoms. The largest absolute Gasteiger partial charge is 0.506 e. The third-order valence-corrected chi connectivity index (χ3v) is 15.8. The molecule has 0 radical (unpaired) electrons. The Morgan fingerprint density at radius 2 is 1.64 bits per heavy atom. The molecule has 0 amide bonds. The summed E-state index contributed by atoms with van der Waals surface area (Å²) < 4.78 is 47.1. The average molecular weight is 777 g/mol. The maximum absolute atomic E-state index is 15.0. The number of phenolic OH excluding ortho intramolecular Hbond substituents is 1. The van der Waals surface area contributed by atoms with E-state index < -0.39 is 39.7 Å². The van der Waals surface area contributed by atoms with Crippen LogP contribution in [0.2, 0.25) is 5.02 Å². The van der Waals surface area contributed by atoms with E-state index in [1.165, 1.54) is 18.2 Å². The molecule has 292 valence electrons. The van der Waals surface area contributed by atoms with Crippen molar-refractivity contribution < 1.29 is 37.7 Å². The van der Waals surface area contributed by atoms with Crippen molar-refractivity contribution in [3.63, 3.8) is 0 Å². The van der Waals surface area contributed by atoms with Crippen LogP contribution in [-0.4, -0.2) is 70.4 Å². The summed E-state index contributed by atoms with van der Waals surface area (Å²) in [5.41, 5.74) is -2.39. The average Bonchev–Trinajstić information content (AvgIpc) is 3.74. The Kier molecular flexibility index (Phi) is 8.39. The number of para-hydroxylation sites is 2. The lowest BCUT2D eigenvalue weighted by atomic mass is 9.32. The summed E-state index contributed by atoms with van der Waals surface area (Å²) in [5.74, 6) is 0.0706. The second-order valence-corrected chi connectivity index (χ2v) is 18.2. The molecule has 1 aliphatic heterocycles. The van der Waals surface area contributed by atoms with E-state index in [0.717, 1.165) is 69.7 Å². The van der Waals surface area contributed by atoms with Gasteiger partial charge in [0.15, 0.2) is 5.76 Å². The molecule has 8 atom stereocenters. The zero-order valence-corrected chi connectivity index (χ0v) is 32.0. The number of nitrogens with zero attached hydrogens (tertiary/aromatic N) is 2. The monoisotopic (exact) mass is 776 g/mol. The van der Waals surface area contributed by atoms with Gasteiger partial charge < -0.3 is 24.6 Å². The van der Waals surface area contributed by atoms with Gasteiger partial charge in [0, 0.05) is 60.1 Å².